The van der Waals surface area contributed by atoms with Gasteiger partial charge in [0, 0.05) is 30.8 Å². The predicted molar refractivity (Wildman–Crippen MR) is 85.3 cm³/mol. The summed E-state index contributed by atoms with van der Waals surface area (Å²) in [5.74, 6) is 0. The average Bonchev–Trinajstić information content (AvgIpc) is 2.90. The van der Waals surface area contributed by atoms with Crippen LogP contribution >= 0.6 is 22.9 Å². The summed E-state index contributed by atoms with van der Waals surface area (Å²) in [6.45, 7) is 4.86. The summed E-state index contributed by atoms with van der Waals surface area (Å²) in [6.07, 6.45) is 0. The molecule has 0 aliphatic carbocycles. The van der Waals surface area contributed by atoms with E-state index in [0.29, 0.717) is 0 Å². The van der Waals surface area contributed by atoms with E-state index in [1.54, 1.807) is 11.3 Å². The van der Waals surface area contributed by atoms with Crippen molar-refractivity contribution in [1.82, 2.24) is 5.32 Å². The minimum Gasteiger partial charge on any atom is -0.370 e. The molecule has 1 aromatic carbocycles. The lowest BCUT2D eigenvalue weighted by Gasteiger charge is -2.22. The van der Waals surface area contributed by atoms with E-state index >= 15 is 0 Å². The van der Waals surface area contributed by atoms with Crippen LogP contribution in [-0.4, -0.2) is 13.6 Å². The van der Waals surface area contributed by atoms with E-state index in [1.807, 2.05) is 12.1 Å². The van der Waals surface area contributed by atoms with Gasteiger partial charge in [0.1, 0.15) is 0 Å². The smallest absolute Gasteiger partial charge is 0.0434 e. The second-order valence-corrected chi connectivity index (χ2v) is 5.76. The fourth-order valence-corrected chi connectivity index (χ4v) is 2.87. The first kappa shape index (κ1) is 14.4. The molecule has 1 N–H and O–H groups in total. The lowest BCUT2D eigenvalue weighted by Crippen LogP contribution is -2.20. The minimum absolute atomic E-state index is 0.785. The maximum Gasteiger partial charge on any atom is 0.0434 e. The normalized spacial score (nSPS) is 10.7. The van der Waals surface area contributed by atoms with Crippen LogP contribution in [0.15, 0.2) is 35.0 Å². The lowest BCUT2D eigenvalue weighted by atomic mass is 10.1. The molecule has 0 amide bonds. The molecule has 0 unspecified atom stereocenters. The van der Waals surface area contributed by atoms with Crippen LogP contribution in [0, 0.1) is 0 Å². The van der Waals surface area contributed by atoms with Crippen molar-refractivity contribution < 1.29 is 0 Å². The fourth-order valence-electron chi connectivity index (χ4n) is 2.04. The molecule has 0 aliphatic heterocycles. The third-order valence-corrected chi connectivity index (χ3v) is 3.99. The standard InChI is InChI=1S/C15H19ClN2S/c1-3-17-9-13-4-5-14(16)8-15(13)18(2)10-12-6-7-19-11-12/h4-8,11,17H,3,9-10H2,1-2H3. The number of nitrogens with one attached hydrogen (secondary N) is 1. The van der Waals surface area contributed by atoms with Crippen molar-refractivity contribution in [3.05, 3.63) is 51.2 Å². The number of benzene rings is 1. The molecule has 2 rings (SSSR count). The molecule has 1 aromatic heterocycles. The summed E-state index contributed by atoms with van der Waals surface area (Å²) in [4.78, 5) is 2.25. The van der Waals surface area contributed by atoms with Crippen LogP contribution in [-0.2, 0) is 13.1 Å². The van der Waals surface area contributed by atoms with Crippen LogP contribution in [0.1, 0.15) is 18.1 Å². The van der Waals surface area contributed by atoms with Gasteiger partial charge in [0.05, 0.1) is 0 Å². The van der Waals surface area contributed by atoms with E-state index in [1.165, 1.54) is 16.8 Å². The molecule has 19 heavy (non-hydrogen) atoms. The number of halogens is 1. The Bertz CT molecular complexity index is 511. The van der Waals surface area contributed by atoms with Gasteiger partial charge in [0.2, 0.25) is 0 Å². The van der Waals surface area contributed by atoms with Crippen molar-refractivity contribution in [2.45, 2.75) is 20.0 Å². The van der Waals surface area contributed by atoms with Crippen LogP contribution in [0.25, 0.3) is 0 Å². The molecule has 1 heterocycles. The zero-order valence-corrected chi connectivity index (χ0v) is 12.9. The van der Waals surface area contributed by atoms with Crippen molar-refractivity contribution >= 4 is 28.6 Å². The van der Waals surface area contributed by atoms with Gasteiger partial charge in [-0.25, -0.2) is 0 Å². The highest BCUT2D eigenvalue weighted by Crippen LogP contribution is 2.25. The Labute approximate surface area is 124 Å². The van der Waals surface area contributed by atoms with E-state index in [9.17, 15) is 0 Å². The summed E-state index contributed by atoms with van der Waals surface area (Å²) in [7, 11) is 2.11. The van der Waals surface area contributed by atoms with Gasteiger partial charge in [0.25, 0.3) is 0 Å². The molecule has 2 aromatic rings. The van der Waals surface area contributed by atoms with Crippen molar-refractivity contribution in [3.63, 3.8) is 0 Å². The van der Waals surface area contributed by atoms with E-state index in [0.717, 1.165) is 24.7 Å². The number of rotatable bonds is 6. The molecule has 0 atom stereocenters. The lowest BCUT2D eigenvalue weighted by molar-refractivity contribution is 0.723. The minimum atomic E-state index is 0.785. The maximum atomic E-state index is 6.13. The van der Waals surface area contributed by atoms with E-state index in [2.05, 4.69) is 47.1 Å². The zero-order chi connectivity index (χ0) is 13.7. The number of hydrogen-bond acceptors (Lipinski definition) is 3. The number of hydrogen-bond donors (Lipinski definition) is 1. The first-order valence-corrected chi connectivity index (χ1v) is 7.74. The average molecular weight is 295 g/mol. The monoisotopic (exact) mass is 294 g/mol. The Kier molecular flexibility index (Phi) is 5.25. The van der Waals surface area contributed by atoms with Gasteiger partial charge in [-0.2, -0.15) is 11.3 Å². The highest BCUT2D eigenvalue weighted by atomic mass is 35.5. The Morgan fingerprint density at radius 2 is 2.16 bits per heavy atom. The van der Waals surface area contributed by atoms with Crippen LogP contribution in [0.3, 0.4) is 0 Å². The maximum absolute atomic E-state index is 6.13. The van der Waals surface area contributed by atoms with E-state index < -0.39 is 0 Å². The zero-order valence-electron chi connectivity index (χ0n) is 11.3. The molecule has 0 saturated heterocycles. The molecule has 4 heteroatoms. The highest BCUT2D eigenvalue weighted by Gasteiger charge is 2.09. The summed E-state index contributed by atoms with van der Waals surface area (Å²) in [6, 6.07) is 8.26. The van der Waals surface area contributed by atoms with Gasteiger partial charge in [-0.15, -0.1) is 0 Å². The first-order valence-electron chi connectivity index (χ1n) is 6.42. The Hall–Kier alpha value is -1.03. The Morgan fingerprint density at radius 1 is 1.32 bits per heavy atom. The summed E-state index contributed by atoms with van der Waals surface area (Å²) in [5.41, 5.74) is 3.81. The second-order valence-electron chi connectivity index (χ2n) is 4.54. The van der Waals surface area contributed by atoms with Crippen LogP contribution in [0.5, 0.6) is 0 Å². The SMILES string of the molecule is CCNCc1ccc(Cl)cc1N(C)Cc1ccsc1. The summed E-state index contributed by atoms with van der Waals surface area (Å²) < 4.78 is 0. The fraction of sp³-hybridized carbons (Fsp3) is 0.333. The number of nitrogens with zero attached hydrogens (tertiary/aromatic N) is 1. The molecule has 0 radical (unpaired) electrons. The van der Waals surface area contributed by atoms with Gasteiger partial charge >= 0.3 is 0 Å². The van der Waals surface area contributed by atoms with Gasteiger partial charge in [0.15, 0.2) is 0 Å². The molecule has 0 bridgehead atoms. The largest absolute Gasteiger partial charge is 0.370 e. The number of thiophene rings is 1. The Morgan fingerprint density at radius 3 is 2.84 bits per heavy atom. The van der Waals surface area contributed by atoms with Gasteiger partial charge in [-0.3, -0.25) is 0 Å². The highest BCUT2D eigenvalue weighted by molar-refractivity contribution is 7.07. The van der Waals surface area contributed by atoms with Crippen molar-refractivity contribution in [1.29, 1.82) is 0 Å². The molecular weight excluding hydrogens is 276 g/mol. The Balaban J connectivity index is 2.18. The molecular formula is C15H19ClN2S. The van der Waals surface area contributed by atoms with E-state index in [-0.39, 0.29) is 0 Å². The van der Waals surface area contributed by atoms with Gasteiger partial charge in [-0.05, 0) is 46.6 Å². The molecule has 0 saturated carbocycles. The summed E-state index contributed by atoms with van der Waals surface area (Å²) >= 11 is 7.86. The molecule has 0 fully saturated rings. The molecule has 102 valence electrons. The topological polar surface area (TPSA) is 15.3 Å². The first-order chi connectivity index (χ1) is 9.20. The summed E-state index contributed by atoms with van der Waals surface area (Å²) in [5, 5.41) is 8.45. The third kappa shape index (κ3) is 3.96. The molecule has 0 aliphatic rings. The van der Waals surface area contributed by atoms with Crippen molar-refractivity contribution in [2.24, 2.45) is 0 Å². The number of anilines is 1. The van der Waals surface area contributed by atoms with E-state index in [4.69, 9.17) is 11.6 Å². The third-order valence-electron chi connectivity index (χ3n) is 3.02. The van der Waals surface area contributed by atoms with Gasteiger partial charge < -0.3 is 10.2 Å². The molecule has 0 spiro atoms. The van der Waals surface area contributed by atoms with Crippen molar-refractivity contribution in [3.8, 4) is 0 Å². The molecule has 2 nitrogen and oxygen atoms in total. The quantitative estimate of drug-likeness (QED) is 0.861. The second kappa shape index (κ2) is 6.94. The van der Waals surface area contributed by atoms with Crippen LogP contribution in [0.2, 0.25) is 5.02 Å². The van der Waals surface area contributed by atoms with Crippen molar-refractivity contribution in [2.75, 3.05) is 18.5 Å². The van der Waals surface area contributed by atoms with Crippen LogP contribution in [0.4, 0.5) is 5.69 Å². The van der Waals surface area contributed by atoms with Gasteiger partial charge in [-0.1, -0.05) is 24.6 Å². The van der Waals surface area contributed by atoms with Crippen LogP contribution < -0.4 is 10.2 Å². The predicted octanol–water partition coefficient (Wildman–Crippen LogP) is 4.15.